The Hall–Kier alpha value is -0.860. The molecule has 0 amide bonds. The maximum absolute atomic E-state index is 12.7. The molecule has 2 saturated heterocycles. The van der Waals surface area contributed by atoms with E-state index in [-0.39, 0.29) is 27.9 Å². The van der Waals surface area contributed by atoms with Crippen LogP contribution in [0, 0.1) is 11.8 Å². The number of hydrogen-bond acceptors (Lipinski definition) is 5. The van der Waals surface area contributed by atoms with Gasteiger partial charge in [0.05, 0.1) is 17.7 Å². The highest BCUT2D eigenvalue weighted by Crippen LogP contribution is 2.33. The van der Waals surface area contributed by atoms with Gasteiger partial charge in [0, 0.05) is 13.1 Å². The monoisotopic (exact) mass is 380 g/mol. The molecule has 0 aromatic heterocycles. The first kappa shape index (κ1) is 18.5. The Morgan fingerprint density at radius 3 is 2.43 bits per heavy atom. The number of sulfonamides is 1. The van der Waals surface area contributed by atoms with Gasteiger partial charge < -0.3 is 10.1 Å². The molecule has 0 bridgehead atoms. The van der Waals surface area contributed by atoms with Crippen molar-refractivity contribution in [2.24, 2.45) is 11.8 Å². The summed E-state index contributed by atoms with van der Waals surface area (Å²) in [6, 6.07) is 4.12. The van der Waals surface area contributed by atoms with Crippen LogP contribution in [-0.4, -0.2) is 52.0 Å². The van der Waals surface area contributed by atoms with E-state index in [1.165, 1.54) is 29.6 Å². The SMILES string of the molecule is COC(=O)c1ccc(S(=O)(=O)N2C[C@H]3CNC[C@H]3C2)c(Cl)c1.Cl. The molecule has 128 valence electrons. The molecule has 3 rings (SSSR count). The lowest BCUT2D eigenvalue weighted by atomic mass is 10.0. The average Bonchev–Trinajstić information content (AvgIpc) is 3.07. The van der Waals surface area contributed by atoms with Gasteiger partial charge in [-0.25, -0.2) is 13.2 Å². The molecule has 2 atom stereocenters. The van der Waals surface area contributed by atoms with Crippen LogP contribution >= 0.6 is 24.0 Å². The number of nitrogens with zero attached hydrogens (tertiary/aromatic N) is 1. The molecule has 0 unspecified atom stereocenters. The average molecular weight is 381 g/mol. The van der Waals surface area contributed by atoms with Gasteiger partial charge >= 0.3 is 5.97 Å². The van der Waals surface area contributed by atoms with Crippen molar-refractivity contribution in [3.8, 4) is 0 Å². The van der Waals surface area contributed by atoms with Crippen LogP contribution in [0.25, 0.3) is 0 Å². The van der Waals surface area contributed by atoms with Crippen molar-refractivity contribution < 1.29 is 17.9 Å². The van der Waals surface area contributed by atoms with Crippen molar-refractivity contribution in [3.05, 3.63) is 28.8 Å². The molecule has 6 nitrogen and oxygen atoms in total. The maximum atomic E-state index is 12.7. The van der Waals surface area contributed by atoms with E-state index < -0.39 is 16.0 Å². The molecule has 9 heteroatoms. The molecule has 0 radical (unpaired) electrons. The fourth-order valence-electron chi connectivity index (χ4n) is 3.10. The highest BCUT2D eigenvalue weighted by molar-refractivity contribution is 7.89. The Morgan fingerprint density at radius 2 is 1.91 bits per heavy atom. The van der Waals surface area contributed by atoms with Gasteiger partial charge in [-0.15, -0.1) is 12.4 Å². The molecule has 1 N–H and O–H groups in total. The second-order valence-electron chi connectivity index (χ2n) is 5.64. The third-order valence-electron chi connectivity index (χ3n) is 4.33. The number of carbonyl (C=O) groups excluding carboxylic acids is 1. The summed E-state index contributed by atoms with van der Waals surface area (Å²) >= 11 is 6.09. The van der Waals surface area contributed by atoms with Crippen LogP contribution in [0.15, 0.2) is 23.1 Å². The van der Waals surface area contributed by atoms with Crippen LogP contribution in [0.2, 0.25) is 5.02 Å². The Balaban J connectivity index is 0.00000192. The van der Waals surface area contributed by atoms with E-state index in [2.05, 4.69) is 10.1 Å². The van der Waals surface area contributed by atoms with E-state index in [1.54, 1.807) is 0 Å². The summed E-state index contributed by atoms with van der Waals surface area (Å²) in [5.74, 6) is 0.179. The summed E-state index contributed by atoms with van der Waals surface area (Å²) in [6.07, 6.45) is 0. The third kappa shape index (κ3) is 3.34. The number of esters is 1. The lowest BCUT2D eigenvalue weighted by Gasteiger charge is -2.18. The molecule has 1 aromatic rings. The largest absolute Gasteiger partial charge is 0.465 e. The van der Waals surface area contributed by atoms with Crippen LogP contribution in [0.3, 0.4) is 0 Å². The highest BCUT2D eigenvalue weighted by Gasteiger charge is 2.42. The van der Waals surface area contributed by atoms with Crippen LogP contribution < -0.4 is 5.32 Å². The summed E-state index contributed by atoms with van der Waals surface area (Å²) in [4.78, 5) is 11.5. The summed E-state index contributed by atoms with van der Waals surface area (Å²) in [5, 5.41) is 3.31. The smallest absolute Gasteiger partial charge is 0.337 e. The first-order valence-corrected chi connectivity index (χ1v) is 8.84. The van der Waals surface area contributed by atoms with Crippen LogP contribution in [0.5, 0.6) is 0 Å². The molecule has 23 heavy (non-hydrogen) atoms. The predicted molar refractivity (Wildman–Crippen MR) is 88.6 cm³/mol. The molecule has 0 spiro atoms. The number of nitrogens with one attached hydrogen (secondary N) is 1. The lowest BCUT2D eigenvalue weighted by molar-refractivity contribution is 0.0600. The molecule has 2 fully saturated rings. The van der Waals surface area contributed by atoms with Crippen molar-refractivity contribution in [1.29, 1.82) is 0 Å². The first-order chi connectivity index (χ1) is 10.4. The number of methoxy groups -OCH3 is 1. The fourth-order valence-corrected chi connectivity index (χ4v) is 5.17. The van der Waals surface area contributed by atoms with E-state index in [0.29, 0.717) is 24.9 Å². The minimum absolute atomic E-state index is 0. The van der Waals surface area contributed by atoms with Gasteiger partial charge in [-0.05, 0) is 43.1 Å². The van der Waals surface area contributed by atoms with Gasteiger partial charge in [0.25, 0.3) is 0 Å². The maximum Gasteiger partial charge on any atom is 0.337 e. The van der Waals surface area contributed by atoms with Gasteiger partial charge in [0.15, 0.2) is 0 Å². The number of hydrogen-bond donors (Lipinski definition) is 1. The fraction of sp³-hybridized carbons (Fsp3) is 0.500. The van der Waals surface area contributed by atoms with E-state index in [4.69, 9.17) is 11.6 Å². The minimum Gasteiger partial charge on any atom is -0.465 e. The van der Waals surface area contributed by atoms with Crippen molar-refractivity contribution in [2.75, 3.05) is 33.3 Å². The molecular weight excluding hydrogens is 363 g/mol. The summed E-state index contributed by atoms with van der Waals surface area (Å²) in [6.45, 7) is 2.72. The summed E-state index contributed by atoms with van der Waals surface area (Å²) < 4.78 is 31.6. The topological polar surface area (TPSA) is 75.7 Å². The van der Waals surface area contributed by atoms with Crippen molar-refractivity contribution in [3.63, 3.8) is 0 Å². The van der Waals surface area contributed by atoms with Crippen molar-refractivity contribution in [2.45, 2.75) is 4.90 Å². The standard InChI is InChI=1S/C14H17ClN2O4S.ClH/c1-21-14(18)9-2-3-13(12(15)4-9)22(19,20)17-7-10-5-16-6-11(10)8-17;/h2-4,10-11,16H,5-8H2,1H3;1H/t10-,11+;. The number of fused-ring (bicyclic) bond motifs is 1. The second kappa shape index (κ2) is 6.94. The molecule has 1 aromatic carbocycles. The highest BCUT2D eigenvalue weighted by atomic mass is 35.5. The molecule has 2 heterocycles. The Bertz CT molecular complexity index is 699. The predicted octanol–water partition coefficient (Wildman–Crippen LogP) is 1.39. The Morgan fingerprint density at radius 1 is 1.30 bits per heavy atom. The summed E-state index contributed by atoms with van der Waals surface area (Å²) in [7, 11) is -2.38. The number of rotatable bonds is 3. The first-order valence-electron chi connectivity index (χ1n) is 7.02. The van der Waals surface area contributed by atoms with E-state index in [1.807, 2.05) is 0 Å². The Kier molecular flexibility index (Phi) is 5.58. The van der Waals surface area contributed by atoms with Gasteiger partial charge in [-0.1, -0.05) is 11.6 Å². The van der Waals surface area contributed by atoms with Gasteiger partial charge in [0.1, 0.15) is 4.90 Å². The molecule has 0 saturated carbocycles. The third-order valence-corrected chi connectivity index (χ3v) is 6.64. The number of benzene rings is 1. The summed E-state index contributed by atoms with van der Waals surface area (Å²) in [5.41, 5.74) is 0.231. The number of halogens is 2. The van der Waals surface area contributed by atoms with Crippen molar-refractivity contribution in [1.82, 2.24) is 9.62 Å². The van der Waals surface area contributed by atoms with Crippen molar-refractivity contribution >= 4 is 40.0 Å². The van der Waals surface area contributed by atoms with Crippen LogP contribution in [-0.2, 0) is 14.8 Å². The minimum atomic E-state index is -3.64. The zero-order valence-electron chi connectivity index (χ0n) is 12.5. The molecule has 0 aliphatic carbocycles. The van der Waals surface area contributed by atoms with Crippen LogP contribution in [0.1, 0.15) is 10.4 Å². The zero-order chi connectivity index (χ0) is 15.9. The van der Waals surface area contributed by atoms with E-state index in [9.17, 15) is 13.2 Å². The lowest BCUT2D eigenvalue weighted by Crippen LogP contribution is -2.32. The molecular formula is C14H18Cl2N2O4S. The van der Waals surface area contributed by atoms with Gasteiger partial charge in [-0.2, -0.15) is 4.31 Å². The number of ether oxygens (including phenoxy) is 1. The van der Waals surface area contributed by atoms with Crippen LogP contribution in [0.4, 0.5) is 0 Å². The second-order valence-corrected chi connectivity index (χ2v) is 7.95. The van der Waals surface area contributed by atoms with E-state index in [0.717, 1.165) is 13.1 Å². The molecule has 2 aliphatic rings. The number of carbonyl (C=O) groups is 1. The normalized spacial score (nSPS) is 24.1. The zero-order valence-corrected chi connectivity index (χ0v) is 14.9. The molecule has 2 aliphatic heterocycles. The van der Waals surface area contributed by atoms with Gasteiger partial charge in [0.2, 0.25) is 10.0 Å². The van der Waals surface area contributed by atoms with Gasteiger partial charge in [-0.3, -0.25) is 0 Å². The Labute approximate surface area is 146 Å². The van der Waals surface area contributed by atoms with E-state index >= 15 is 0 Å². The quantitative estimate of drug-likeness (QED) is 0.801.